The average Bonchev–Trinajstić information content (AvgIpc) is 2.77. The lowest BCUT2D eigenvalue weighted by Gasteiger charge is -2.09. The van der Waals surface area contributed by atoms with Crippen LogP contribution in [0.15, 0.2) is 34.9 Å². The van der Waals surface area contributed by atoms with Crippen LogP contribution in [0.5, 0.6) is 0 Å². The number of hydrogen-bond acceptors (Lipinski definition) is 3. The van der Waals surface area contributed by atoms with Crippen molar-refractivity contribution in [2.24, 2.45) is 0 Å². The minimum atomic E-state index is -4.48. The highest BCUT2D eigenvalue weighted by molar-refractivity contribution is 5.60. The number of carbonyl (C=O) groups excluding carboxylic acids is 1. The molecule has 2 rings (SSSR count). The number of aromatic nitrogens is 1. The number of oxazole rings is 1. The van der Waals surface area contributed by atoms with Crippen molar-refractivity contribution in [1.29, 1.82) is 0 Å². The van der Waals surface area contributed by atoms with Gasteiger partial charge in [0.2, 0.25) is 5.89 Å². The molecule has 0 saturated carbocycles. The van der Waals surface area contributed by atoms with E-state index in [0.29, 0.717) is 6.29 Å². The Balaban J connectivity index is 2.46. The fourth-order valence-corrected chi connectivity index (χ4v) is 1.53. The molecule has 94 valence electrons. The van der Waals surface area contributed by atoms with Crippen LogP contribution in [0.2, 0.25) is 0 Å². The molecule has 0 aliphatic heterocycles. The predicted octanol–water partition coefficient (Wildman–Crippen LogP) is 3.10. The number of hydrogen-bond donors (Lipinski definition) is 0. The third-order valence-electron chi connectivity index (χ3n) is 2.30. The summed E-state index contributed by atoms with van der Waals surface area (Å²) in [6.07, 6.45) is -2.64. The normalized spacial score (nSPS) is 11.5. The molecule has 1 heterocycles. The van der Waals surface area contributed by atoms with Gasteiger partial charge in [0.1, 0.15) is 12.0 Å². The number of carbonyl (C=O) groups is 1. The number of alkyl halides is 3. The second-order valence-corrected chi connectivity index (χ2v) is 3.55. The fourth-order valence-electron chi connectivity index (χ4n) is 1.53. The van der Waals surface area contributed by atoms with E-state index < -0.39 is 11.7 Å². The van der Waals surface area contributed by atoms with E-state index in [1.165, 1.54) is 24.4 Å². The van der Waals surface area contributed by atoms with Crippen molar-refractivity contribution in [3.05, 3.63) is 41.8 Å². The first kappa shape index (κ1) is 12.3. The van der Waals surface area contributed by atoms with Gasteiger partial charge in [0, 0.05) is 5.56 Å². The van der Waals surface area contributed by atoms with Crippen LogP contribution in [0, 0.1) is 0 Å². The zero-order valence-corrected chi connectivity index (χ0v) is 9.07. The third kappa shape index (κ3) is 2.42. The molecule has 6 heteroatoms. The summed E-state index contributed by atoms with van der Waals surface area (Å²) in [6.45, 7) is 0. The minimum absolute atomic E-state index is 0.0127. The first-order valence-electron chi connectivity index (χ1n) is 5.07. The van der Waals surface area contributed by atoms with Crippen LogP contribution in [0.4, 0.5) is 13.2 Å². The van der Waals surface area contributed by atoms with Gasteiger partial charge in [-0.1, -0.05) is 12.1 Å². The van der Waals surface area contributed by atoms with Gasteiger partial charge in [-0.2, -0.15) is 13.2 Å². The van der Waals surface area contributed by atoms with Crippen LogP contribution in [0.3, 0.4) is 0 Å². The van der Waals surface area contributed by atoms with E-state index in [9.17, 15) is 18.0 Å². The quantitative estimate of drug-likeness (QED) is 0.791. The van der Waals surface area contributed by atoms with Gasteiger partial charge in [-0.3, -0.25) is 0 Å². The molecule has 18 heavy (non-hydrogen) atoms. The lowest BCUT2D eigenvalue weighted by Crippen LogP contribution is -2.06. The van der Waals surface area contributed by atoms with Crippen LogP contribution in [0.25, 0.3) is 11.5 Å². The van der Waals surface area contributed by atoms with Crippen molar-refractivity contribution in [3.8, 4) is 11.5 Å². The molecule has 1 aromatic carbocycles. The molecule has 0 unspecified atom stereocenters. The Kier molecular flexibility index (Phi) is 3.18. The van der Waals surface area contributed by atoms with Gasteiger partial charge in [0.05, 0.1) is 18.2 Å². The molecule has 0 spiro atoms. The van der Waals surface area contributed by atoms with Gasteiger partial charge in [-0.05, 0) is 12.1 Å². The molecule has 0 aliphatic rings. The van der Waals surface area contributed by atoms with E-state index in [1.54, 1.807) is 0 Å². The highest BCUT2D eigenvalue weighted by atomic mass is 19.4. The zero-order valence-electron chi connectivity index (χ0n) is 9.07. The highest BCUT2D eigenvalue weighted by Crippen LogP contribution is 2.36. The Morgan fingerprint density at radius 3 is 2.67 bits per heavy atom. The van der Waals surface area contributed by atoms with Gasteiger partial charge >= 0.3 is 6.18 Å². The van der Waals surface area contributed by atoms with E-state index in [4.69, 9.17) is 4.42 Å². The number of halogens is 3. The number of aldehydes is 1. The first-order chi connectivity index (χ1) is 8.52. The maximum atomic E-state index is 12.8. The Labute approximate surface area is 100 Å². The van der Waals surface area contributed by atoms with E-state index in [2.05, 4.69) is 4.98 Å². The zero-order chi connectivity index (χ0) is 13.2. The second kappa shape index (κ2) is 4.64. The van der Waals surface area contributed by atoms with Crippen molar-refractivity contribution in [2.75, 3.05) is 0 Å². The Morgan fingerprint density at radius 1 is 1.28 bits per heavy atom. The summed E-state index contributed by atoms with van der Waals surface area (Å²) in [6, 6.07) is 4.99. The van der Waals surface area contributed by atoms with Gasteiger partial charge < -0.3 is 9.21 Å². The van der Waals surface area contributed by atoms with Crippen LogP contribution >= 0.6 is 0 Å². The minimum Gasteiger partial charge on any atom is -0.441 e. The van der Waals surface area contributed by atoms with Crippen molar-refractivity contribution >= 4 is 6.29 Å². The Bertz CT molecular complexity index is 560. The maximum absolute atomic E-state index is 12.8. The molecule has 0 aliphatic carbocycles. The number of benzene rings is 1. The van der Waals surface area contributed by atoms with Crippen LogP contribution in [-0.4, -0.2) is 11.3 Å². The van der Waals surface area contributed by atoms with Gasteiger partial charge in [-0.25, -0.2) is 4.98 Å². The number of nitrogens with zero attached hydrogens (tertiary/aromatic N) is 1. The molecule has 0 atom stereocenters. The fraction of sp³-hybridized carbons (Fsp3) is 0.167. The predicted molar refractivity (Wildman–Crippen MR) is 56.7 cm³/mol. The van der Waals surface area contributed by atoms with Gasteiger partial charge in [0.25, 0.3) is 0 Å². The summed E-state index contributed by atoms with van der Waals surface area (Å²) in [5, 5.41) is 0. The Hall–Kier alpha value is -2.11. The summed E-state index contributed by atoms with van der Waals surface area (Å²) in [5.74, 6) is 0.0942. The summed E-state index contributed by atoms with van der Waals surface area (Å²) < 4.78 is 43.4. The maximum Gasteiger partial charge on any atom is 0.417 e. The number of rotatable bonds is 3. The van der Waals surface area contributed by atoms with Crippen molar-refractivity contribution in [3.63, 3.8) is 0 Å². The molecule has 0 saturated heterocycles. The molecule has 0 N–H and O–H groups in total. The smallest absolute Gasteiger partial charge is 0.417 e. The lowest BCUT2D eigenvalue weighted by molar-refractivity contribution is -0.137. The van der Waals surface area contributed by atoms with Crippen molar-refractivity contribution < 1.29 is 22.4 Å². The average molecular weight is 255 g/mol. The van der Waals surface area contributed by atoms with Crippen LogP contribution in [-0.2, 0) is 17.4 Å². The summed E-state index contributed by atoms with van der Waals surface area (Å²) >= 11 is 0. The third-order valence-corrected chi connectivity index (χ3v) is 2.30. The Morgan fingerprint density at radius 2 is 2.00 bits per heavy atom. The molecule has 3 nitrogen and oxygen atoms in total. The molecule has 0 bridgehead atoms. The van der Waals surface area contributed by atoms with E-state index >= 15 is 0 Å². The summed E-state index contributed by atoms with van der Waals surface area (Å²) in [5.41, 5.74) is -0.952. The van der Waals surface area contributed by atoms with Gasteiger partial charge in [-0.15, -0.1) is 0 Å². The molecule has 0 amide bonds. The highest BCUT2D eigenvalue weighted by Gasteiger charge is 2.34. The van der Waals surface area contributed by atoms with E-state index in [0.717, 1.165) is 6.07 Å². The molecule has 2 aromatic rings. The first-order valence-corrected chi connectivity index (χ1v) is 5.07. The SMILES string of the molecule is O=CCc1cnc(-c2ccccc2C(F)(F)F)o1. The molecular formula is C12H8F3NO2. The topological polar surface area (TPSA) is 43.1 Å². The summed E-state index contributed by atoms with van der Waals surface area (Å²) in [4.78, 5) is 14.0. The molecule has 0 fully saturated rings. The molecule has 0 radical (unpaired) electrons. The molecule has 1 aromatic heterocycles. The standard InChI is InChI=1S/C12H8F3NO2/c13-12(14,15)10-4-2-1-3-9(10)11-16-7-8(18-11)5-6-17/h1-4,6-7H,5H2. The van der Waals surface area contributed by atoms with Gasteiger partial charge in [0.15, 0.2) is 0 Å². The van der Waals surface area contributed by atoms with Crippen LogP contribution < -0.4 is 0 Å². The van der Waals surface area contributed by atoms with E-state index in [1.807, 2.05) is 0 Å². The monoisotopic (exact) mass is 255 g/mol. The second-order valence-electron chi connectivity index (χ2n) is 3.55. The van der Waals surface area contributed by atoms with Crippen molar-refractivity contribution in [2.45, 2.75) is 12.6 Å². The van der Waals surface area contributed by atoms with Crippen LogP contribution in [0.1, 0.15) is 11.3 Å². The largest absolute Gasteiger partial charge is 0.441 e. The lowest BCUT2D eigenvalue weighted by atomic mass is 10.1. The molecular weight excluding hydrogens is 247 g/mol. The van der Waals surface area contributed by atoms with E-state index in [-0.39, 0.29) is 23.6 Å². The van der Waals surface area contributed by atoms with Crippen molar-refractivity contribution in [1.82, 2.24) is 4.98 Å². The summed E-state index contributed by atoms with van der Waals surface area (Å²) in [7, 11) is 0.